The zero-order valence-corrected chi connectivity index (χ0v) is 18.2. The molecular formula is C25H21NO4S. The molecule has 156 valence electrons. The van der Waals surface area contributed by atoms with E-state index in [2.05, 4.69) is 4.98 Å². The Morgan fingerprint density at radius 2 is 1.52 bits per heavy atom. The SMILES string of the molecule is COc1ccc(S(=O)(=O)c2c(C(=O)c3ccc(C)cc3)cnc3ccc(C)cc23)cc1. The largest absolute Gasteiger partial charge is 0.497 e. The van der Waals surface area contributed by atoms with E-state index in [1.807, 2.05) is 32.0 Å². The molecule has 0 N–H and O–H groups in total. The van der Waals surface area contributed by atoms with Crippen LogP contribution in [0.25, 0.3) is 10.9 Å². The molecule has 0 spiro atoms. The third-order valence-corrected chi connectivity index (χ3v) is 7.04. The molecule has 3 aromatic carbocycles. The van der Waals surface area contributed by atoms with Gasteiger partial charge in [-0.3, -0.25) is 9.78 Å². The molecule has 0 amide bonds. The van der Waals surface area contributed by atoms with Crippen molar-refractivity contribution in [3.05, 3.63) is 95.2 Å². The number of ketones is 1. The normalized spacial score (nSPS) is 11.5. The van der Waals surface area contributed by atoms with Gasteiger partial charge in [-0.25, -0.2) is 8.42 Å². The number of rotatable bonds is 5. The van der Waals surface area contributed by atoms with Crippen LogP contribution in [0.5, 0.6) is 5.75 Å². The number of ether oxygens (including phenoxy) is 1. The second-order valence-electron chi connectivity index (χ2n) is 7.40. The molecule has 1 aromatic heterocycles. The minimum absolute atomic E-state index is 0.0306. The van der Waals surface area contributed by atoms with E-state index in [-0.39, 0.29) is 21.1 Å². The van der Waals surface area contributed by atoms with Crippen LogP contribution in [0.15, 0.2) is 82.7 Å². The third kappa shape index (κ3) is 3.82. The Balaban J connectivity index is 2.00. The molecule has 0 bridgehead atoms. The van der Waals surface area contributed by atoms with Crippen LogP contribution in [0.1, 0.15) is 27.0 Å². The van der Waals surface area contributed by atoms with Gasteiger partial charge < -0.3 is 4.74 Å². The Labute approximate surface area is 181 Å². The Hall–Kier alpha value is -3.51. The molecule has 0 aliphatic rings. The molecule has 0 fully saturated rings. The summed E-state index contributed by atoms with van der Waals surface area (Å²) in [5.41, 5.74) is 2.86. The minimum atomic E-state index is -4.02. The van der Waals surface area contributed by atoms with Gasteiger partial charge in [0, 0.05) is 17.1 Å². The summed E-state index contributed by atoms with van der Waals surface area (Å²) in [6, 6.07) is 18.6. The van der Waals surface area contributed by atoms with Crippen molar-refractivity contribution in [2.24, 2.45) is 0 Å². The van der Waals surface area contributed by atoms with Crippen molar-refractivity contribution in [1.29, 1.82) is 0 Å². The highest BCUT2D eigenvalue weighted by Gasteiger charge is 2.28. The number of aromatic nitrogens is 1. The molecule has 0 aliphatic carbocycles. The van der Waals surface area contributed by atoms with Gasteiger partial charge in [0.15, 0.2) is 5.78 Å². The lowest BCUT2D eigenvalue weighted by atomic mass is 10.0. The van der Waals surface area contributed by atoms with Gasteiger partial charge in [-0.2, -0.15) is 0 Å². The summed E-state index contributed by atoms with van der Waals surface area (Å²) >= 11 is 0. The molecule has 4 aromatic rings. The lowest BCUT2D eigenvalue weighted by Crippen LogP contribution is -2.13. The quantitative estimate of drug-likeness (QED) is 0.419. The maximum absolute atomic E-state index is 13.7. The van der Waals surface area contributed by atoms with Gasteiger partial charge in [-0.1, -0.05) is 41.5 Å². The first kappa shape index (κ1) is 20.8. The zero-order chi connectivity index (χ0) is 22.2. The van der Waals surface area contributed by atoms with Gasteiger partial charge in [0.05, 0.1) is 28.0 Å². The average Bonchev–Trinajstić information content (AvgIpc) is 2.78. The number of carbonyl (C=O) groups is 1. The van der Waals surface area contributed by atoms with Crippen LogP contribution in [-0.4, -0.2) is 26.3 Å². The maximum atomic E-state index is 13.7. The van der Waals surface area contributed by atoms with Crippen molar-refractivity contribution < 1.29 is 17.9 Å². The van der Waals surface area contributed by atoms with E-state index in [4.69, 9.17) is 4.74 Å². The highest BCUT2D eigenvalue weighted by Crippen LogP contribution is 2.33. The summed E-state index contributed by atoms with van der Waals surface area (Å²) < 4.78 is 32.6. The number of fused-ring (bicyclic) bond motifs is 1. The number of benzene rings is 3. The van der Waals surface area contributed by atoms with Crippen molar-refractivity contribution in [2.45, 2.75) is 23.6 Å². The summed E-state index contributed by atoms with van der Waals surface area (Å²) in [6.45, 7) is 3.80. The standard InChI is InChI=1S/C25H21NO4S/c1-16-4-7-18(8-5-16)24(27)22-15-26-23-13-6-17(2)14-21(23)25(22)31(28,29)20-11-9-19(30-3)10-12-20/h4-15H,1-3H3. The number of hydrogen-bond donors (Lipinski definition) is 0. The van der Waals surface area contributed by atoms with Gasteiger partial charge in [0.1, 0.15) is 5.75 Å². The Morgan fingerprint density at radius 1 is 0.871 bits per heavy atom. The van der Waals surface area contributed by atoms with Crippen molar-refractivity contribution in [3.63, 3.8) is 0 Å². The second kappa shape index (κ2) is 7.96. The Bertz CT molecular complexity index is 1390. The summed E-state index contributed by atoms with van der Waals surface area (Å²) in [7, 11) is -2.50. The number of hydrogen-bond acceptors (Lipinski definition) is 5. The van der Waals surface area contributed by atoms with Crippen LogP contribution in [0.3, 0.4) is 0 Å². The fourth-order valence-electron chi connectivity index (χ4n) is 3.47. The van der Waals surface area contributed by atoms with Crippen LogP contribution in [-0.2, 0) is 9.84 Å². The molecule has 1 heterocycles. The summed E-state index contributed by atoms with van der Waals surface area (Å²) in [4.78, 5) is 17.8. The summed E-state index contributed by atoms with van der Waals surface area (Å²) in [5, 5.41) is 0.425. The van der Waals surface area contributed by atoms with Crippen LogP contribution < -0.4 is 4.74 Å². The topological polar surface area (TPSA) is 73.3 Å². The molecule has 6 heteroatoms. The molecular weight excluding hydrogens is 410 g/mol. The molecule has 0 atom stereocenters. The molecule has 0 unspecified atom stereocenters. The minimum Gasteiger partial charge on any atom is -0.497 e. The molecule has 31 heavy (non-hydrogen) atoms. The monoisotopic (exact) mass is 431 g/mol. The Kier molecular flexibility index (Phi) is 5.33. The highest BCUT2D eigenvalue weighted by atomic mass is 32.2. The molecule has 4 rings (SSSR count). The van der Waals surface area contributed by atoms with E-state index < -0.39 is 9.84 Å². The number of aryl methyl sites for hydroxylation is 2. The van der Waals surface area contributed by atoms with Crippen LogP contribution in [0.4, 0.5) is 0 Å². The Morgan fingerprint density at radius 3 is 2.16 bits per heavy atom. The van der Waals surface area contributed by atoms with E-state index in [0.717, 1.165) is 11.1 Å². The van der Waals surface area contributed by atoms with Gasteiger partial charge >= 0.3 is 0 Å². The molecule has 0 saturated carbocycles. The van der Waals surface area contributed by atoms with Crippen molar-refractivity contribution >= 4 is 26.5 Å². The van der Waals surface area contributed by atoms with E-state index in [9.17, 15) is 13.2 Å². The lowest BCUT2D eigenvalue weighted by molar-refractivity contribution is 0.103. The van der Waals surface area contributed by atoms with Gasteiger partial charge in [-0.15, -0.1) is 0 Å². The maximum Gasteiger partial charge on any atom is 0.208 e. The highest BCUT2D eigenvalue weighted by molar-refractivity contribution is 7.91. The number of methoxy groups -OCH3 is 1. The van der Waals surface area contributed by atoms with E-state index in [0.29, 0.717) is 22.2 Å². The first-order valence-electron chi connectivity index (χ1n) is 9.71. The van der Waals surface area contributed by atoms with Crippen molar-refractivity contribution in [1.82, 2.24) is 4.98 Å². The van der Waals surface area contributed by atoms with E-state index >= 15 is 0 Å². The number of sulfone groups is 1. The molecule has 0 aliphatic heterocycles. The number of pyridine rings is 1. The fourth-order valence-corrected chi connectivity index (χ4v) is 5.08. The van der Waals surface area contributed by atoms with Crippen LogP contribution in [0.2, 0.25) is 0 Å². The van der Waals surface area contributed by atoms with Crippen LogP contribution in [0, 0.1) is 13.8 Å². The predicted octanol–water partition coefficient (Wildman–Crippen LogP) is 4.92. The van der Waals surface area contributed by atoms with Crippen LogP contribution >= 0.6 is 0 Å². The van der Waals surface area contributed by atoms with Gasteiger partial charge in [0.2, 0.25) is 9.84 Å². The molecule has 0 radical (unpaired) electrons. The second-order valence-corrected chi connectivity index (χ2v) is 9.28. The number of nitrogens with zero attached hydrogens (tertiary/aromatic N) is 1. The first-order chi connectivity index (χ1) is 14.8. The average molecular weight is 432 g/mol. The van der Waals surface area contributed by atoms with E-state index in [1.54, 1.807) is 36.4 Å². The summed E-state index contributed by atoms with van der Waals surface area (Å²) in [6.07, 6.45) is 1.36. The predicted molar refractivity (Wildman–Crippen MR) is 120 cm³/mol. The van der Waals surface area contributed by atoms with Crippen molar-refractivity contribution in [2.75, 3.05) is 7.11 Å². The zero-order valence-electron chi connectivity index (χ0n) is 17.4. The number of carbonyl (C=O) groups excluding carboxylic acids is 1. The van der Waals surface area contributed by atoms with Gasteiger partial charge in [-0.05, 0) is 50.2 Å². The van der Waals surface area contributed by atoms with E-state index in [1.165, 1.54) is 25.4 Å². The summed E-state index contributed by atoms with van der Waals surface area (Å²) in [5.74, 6) is 0.160. The molecule has 0 saturated heterocycles. The lowest BCUT2D eigenvalue weighted by Gasteiger charge is -2.14. The third-order valence-electron chi connectivity index (χ3n) is 5.17. The smallest absolute Gasteiger partial charge is 0.208 e. The van der Waals surface area contributed by atoms with Gasteiger partial charge in [0.25, 0.3) is 0 Å². The first-order valence-corrected chi connectivity index (χ1v) is 11.2. The molecule has 5 nitrogen and oxygen atoms in total. The fraction of sp³-hybridized carbons (Fsp3) is 0.120. The van der Waals surface area contributed by atoms with Crippen molar-refractivity contribution in [3.8, 4) is 5.75 Å².